The topological polar surface area (TPSA) is 59.1 Å². The molecule has 6 nitrogen and oxygen atoms in total. The van der Waals surface area contributed by atoms with Crippen LogP contribution in [0.3, 0.4) is 0 Å². The van der Waals surface area contributed by atoms with Crippen molar-refractivity contribution in [2.75, 3.05) is 22.9 Å². The lowest BCUT2D eigenvalue weighted by Crippen LogP contribution is -2.42. The van der Waals surface area contributed by atoms with Crippen LogP contribution in [0, 0.1) is 13.8 Å². The van der Waals surface area contributed by atoms with Gasteiger partial charge in [-0.05, 0) is 87.1 Å². The Labute approximate surface area is 280 Å². The summed E-state index contributed by atoms with van der Waals surface area (Å²) in [4.78, 5) is 31.7. The van der Waals surface area contributed by atoms with Crippen LogP contribution in [0.4, 0.5) is 11.4 Å². The molecule has 0 atom stereocenters. The van der Waals surface area contributed by atoms with E-state index in [0.29, 0.717) is 18.4 Å². The molecule has 0 amide bonds. The number of fused-ring (bicyclic) bond motifs is 2. The summed E-state index contributed by atoms with van der Waals surface area (Å²) in [5, 5.41) is 0. The molecule has 0 bridgehead atoms. The van der Waals surface area contributed by atoms with Crippen LogP contribution in [-0.4, -0.2) is 30.8 Å². The second-order valence-corrected chi connectivity index (χ2v) is 14.7. The standard InChI is InChI=1S/C41H48N2O4/c1-11-42-31-19-13-25(3)23-29(31)39(5,6)33(42)21-17-27-15-16-28(35(27)36-37(44)46-41(9,10)47-38(36)45)18-22-34-40(7,8)30-24-26(4)14-20-32(30)43(34)12-2/h13-14,17-24H,11-12,15-16H2,1-10H3/b27-17+,28-18?,33-21+,34-22?. The number of anilines is 2. The van der Waals surface area contributed by atoms with E-state index >= 15 is 0 Å². The molecule has 2 aromatic carbocycles. The third-order valence-electron chi connectivity index (χ3n) is 10.3. The highest BCUT2D eigenvalue weighted by Crippen LogP contribution is 2.50. The first-order valence-corrected chi connectivity index (χ1v) is 16.9. The number of allylic oxidation sites excluding steroid dienone is 9. The predicted octanol–water partition coefficient (Wildman–Crippen LogP) is 8.79. The monoisotopic (exact) mass is 632 g/mol. The van der Waals surface area contributed by atoms with Gasteiger partial charge in [0.25, 0.3) is 5.79 Å². The van der Waals surface area contributed by atoms with Crippen molar-refractivity contribution in [3.63, 3.8) is 0 Å². The van der Waals surface area contributed by atoms with Gasteiger partial charge in [0.15, 0.2) is 5.57 Å². The highest BCUT2D eigenvalue weighted by Gasteiger charge is 2.44. The number of benzene rings is 2. The Morgan fingerprint density at radius 3 is 1.43 bits per heavy atom. The number of hydrogen-bond donors (Lipinski definition) is 0. The lowest BCUT2D eigenvalue weighted by Gasteiger charge is -2.31. The Balaban J connectivity index is 1.48. The van der Waals surface area contributed by atoms with Crippen molar-refractivity contribution in [1.29, 1.82) is 0 Å². The van der Waals surface area contributed by atoms with Gasteiger partial charge in [0.2, 0.25) is 0 Å². The molecule has 1 saturated heterocycles. The van der Waals surface area contributed by atoms with E-state index in [9.17, 15) is 9.59 Å². The summed E-state index contributed by atoms with van der Waals surface area (Å²) in [6.07, 6.45) is 9.95. The van der Waals surface area contributed by atoms with E-state index in [-0.39, 0.29) is 16.4 Å². The summed E-state index contributed by atoms with van der Waals surface area (Å²) in [7, 11) is 0. The van der Waals surface area contributed by atoms with Crippen molar-refractivity contribution in [2.24, 2.45) is 0 Å². The molecule has 47 heavy (non-hydrogen) atoms. The molecule has 0 spiro atoms. The first kappa shape index (κ1) is 32.6. The number of nitrogens with zero attached hydrogens (tertiary/aromatic N) is 2. The van der Waals surface area contributed by atoms with E-state index in [2.05, 4.69) is 126 Å². The summed E-state index contributed by atoms with van der Waals surface area (Å²) in [5.74, 6) is -2.59. The van der Waals surface area contributed by atoms with Crippen molar-refractivity contribution < 1.29 is 19.1 Å². The fourth-order valence-corrected chi connectivity index (χ4v) is 7.86. The van der Waals surface area contributed by atoms with E-state index in [4.69, 9.17) is 9.47 Å². The minimum absolute atomic E-state index is 0.0231. The molecule has 0 aromatic heterocycles. The highest BCUT2D eigenvalue weighted by molar-refractivity contribution is 6.17. The van der Waals surface area contributed by atoms with E-state index in [0.717, 1.165) is 24.2 Å². The second-order valence-electron chi connectivity index (χ2n) is 14.7. The summed E-state index contributed by atoms with van der Waals surface area (Å²) in [5.41, 5.74) is 12.0. The summed E-state index contributed by atoms with van der Waals surface area (Å²) in [6.45, 7) is 22.5. The minimum Gasteiger partial charge on any atom is -0.419 e. The SMILES string of the molecule is CCN1C(=CC=C2CC/C(=C\C=C3\N(CC)c4ccc(C)cc4C3(C)C)C2=C2C(=O)OC(C)(C)OC2=O)C(C)(C)c2cc(C)ccc21. The normalized spacial score (nSPS) is 24.5. The largest absolute Gasteiger partial charge is 0.419 e. The predicted molar refractivity (Wildman–Crippen MR) is 189 cm³/mol. The molecule has 1 saturated carbocycles. The number of esters is 2. The maximum atomic E-state index is 13.5. The molecule has 2 fully saturated rings. The number of cyclic esters (lactones) is 2. The van der Waals surface area contributed by atoms with Gasteiger partial charge < -0.3 is 19.3 Å². The van der Waals surface area contributed by atoms with Crippen LogP contribution in [0.25, 0.3) is 0 Å². The molecular weight excluding hydrogens is 584 g/mol. The van der Waals surface area contributed by atoms with Gasteiger partial charge in [0.05, 0.1) is 0 Å². The molecule has 246 valence electrons. The highest BCUT2D eigenvalue weighted by atomic mass is 16.7. The second kappa shape index (κ2) is 11.4. The number of ether oxygens (including phenoxy) is 2. The van der Waals surface area contributed by atoms with Gasteiger partial charge in [-0.1, -0.05) is 75.2 Å². The fraction of sp³-hybridized carbons (Fsp3) is 0.415. The van der Waals surface area contributed by atoms with Gasteiger partial charge in [-0.15, -0.1) is 0 Å². The fourth-order valence-electron chi connectivity index (χ4n) is 7.86. The quantitative estimate of drug-likeness (QED) is 0.191. The third kappa shape index (κ3) is 5.36. The molecule has 0 N–H and O–H groups in total. The Hall–Kier alpha value is -4.32. The van der Waals surface area contributed by atoms with Crippen LogP contribution in [-0.2, 0) is 29.9 Å². The lowest BCUT2D eigenvalue weighted by molar-refractivity contribution is -0.222. The number of hydrogen-bond acceptors (Lipinski definition) is 6. The number of aryl methyl sites for hydroxylation is 2. The van der Waals surface area contributed by atoms with Gasteiger partial charge in [-0.3, -0.25) is 0 Å². The van der Waals surface area contributed by atoms with Crippen LogP contribution < -0.4 is 9.80 Å². The number of likely N-dealkylation sites (N-methyl/N-ethyl adjacent to an activating group) is 2. The molecule has 0 radical (unpaired) electrons. The van der Waals surface area contributed by atoms with E-state index in [1.165, 1.54) is 45.0 Å². The first-order valence-electron chi connectivity index (χ1n) is 16.9. The summed E-state index contributed by atoms with van der Waals surface area (Å²) >= 11 is 0. The Bertz CT molecular complexity index is 1720. The maximum Gasteiger partial charge on any atom is 0.349 e. The van der Waals surface area contributed by atoms with E-state index in [1.807, 2.05) is 0 Å². The van der Waals surface area contributed by atoms with Gasteiger partial charge in [-0.2, -0.15) is 0 Å². The molecule has 0 unspecified atom stereocenters. The smallest absolute Gasteiger partial charge is 0.349 e. The molecule has 4 aliphatic rings. The van der Waals surface area contributed by atoms with Crippen molar-refractivity contribution >= 4 is 23.3 Å². The van der Waals surface area contributed by atoms with Crippen LogP contribution in [0.2, 0.25) is 0 Å². The summed E-state index contributed by atoms with van der Waals surface area (Å²) < 4.78 is 11.2. The van der Waals surface area contributed by atoms with Crippen LogP contribution in [0.1, 0.15) is 90.5 Å². The Morgan fingerprint density at radius 2 is 1.04 bits per heavy atom. The maximum absolute atomic E-state index is 13.5. The lowest BCUT2D eigenvalue weighted by atomic mass is 9.83. The van der Waals surface area contributed by atoms with Crippen LogP contribution in [0.5, 0.6) is 0 Å². The third-order valence-corrected chi connectivity index (χ3v) is 10.3. The van der Waals surface area contributed by atoms with Gasteiger partial charge in [-0.25, -0.2) is 9.59 Å². The van der Waals surface area contributed by atoms with Crippen LogP contribution >= 0.6 is 0 Å². The zero-order valence-corrected chi connectivity index (χ0v) is 29.6. The van der Waals surface area contributed by atoms with Gasteiger partial charge in [0, 0.05) is 66.1 Å². The minimum atomic E-state index is -1.31. The number of carbonyl (C=O) groups is 2. The Kier molecular flexibility index (Phi) is 7.93. The molecule has 3 aliphatic heterocycles. The Morgan fingerprint density at radius 1 is 0.638 bits per heavy atom. The summed E-state index contributed by atoms with van der Waals surface area (Å²) in [6, 6.07) is 13.3. The number of carbonyl (C=O) groups excluding carboxylic acids is 2. The molecular formula is C41H48N2O4. The van der Waals surface area contributed by atoms with Crippen molar-refractivity contribution in [3.8, 4) is 0 Å². The average Bonchev–Trinajstić information content (AvgIpc) is 3.54. The molecule has 6 rings (SSSR count). The van der Waals surface area contributed by atoms with Crippen molar-refractivity contribution in [3.05, 3.63) is 117 Å². The first-order chi connectivity index (χ1) is 22.1. The average molecular weight is 633 g/mol. The molecule has 2 aromatic rings. The molecule has 1 aliphatic carbocycles. The van der Waals surface area contributed by atoms with Crippen LogP contribution in [0.15, 0.2) is 94.4 Å². The van der Waals surface area contributed by atoms with Gasteiger partial charge >= 0.3 is 11.9 Å². The zero-order valence-electron chi connectivity index (χ0n) is 29.6. The molecule has 3 heterocycles. The van der Waals surface area contributed by atoms with Crippen molar-refractivity contribution in [2.45, 2.75) is 98.7 Å². The van der Waals surface area contributed by atoms with E-state index < -0.39 is 17.7 Å². The van der Waals surface area contributed by atoms with Gasteiger partial charge in [0.1, 0.15) is 0 Å². The number of rotatable bonds is 4. The van der Waals surface area contributed by atoms with E-state index in [1.54, 1.807) is 13.8 Å². The van der Waals surface area contributed by atoms with Crippen molar-refractivity contribution in [1.82, 2.24) is 0 Å². The molecule has 6 heteroatoms. The zero-order chi connectivity index (χ0) is 34.1.